The van der Waals surface area contributed by atoms with Gasteiger partial charge in [0.1, 0.15) is 6.61 Å². The quantitative estimate of drug-likeness (QED) is 0.817. The molecular weight excluding hydrogens is 243 g/mol. The summed E-state index contributed by atoms with van der Waals surface area (Å²) in [4.78, 5) is 18.9. The van der Waals surface area contributed by atoms with Crippen LogP contribution in [0.25, 0.3) is 0 Å². The molecule has 15 heavy (non-hydrogen) atoms. The zero-order valence-electron chi connectivity index (χ0n) is 7.52. The summed E-state index contributed by atoms with van der Waals surface area (Å²) in [6.07, 6.45) is 0. The molecule has 0 saturated carbocycles. The smallest absolute Gasteiger partial charge is 0.404 e. The normalized spacial score (nSPS) is 8.40. The van der Waals surface area contributed by atoms with Crippen molar-refractivity contribution in [3.8, 4) is 0 Å². The minimum Gasteiger partial charge on any atom is -0.469 e. The summed E-state index contributed by atoms with van der Waals surface area (Å²) in [5.74, 6) is 0. The molecule has 1 N–H and O–H groups in total. The van der Waals surface area contributed by atoms with Crippen LogP contribution in [0.1, 0.15) is 5.56 Å². The first kappa shape index (κ1) is 13.7. The van der Waals surface area contributed by atoms with Crippen LogP contribution in [0.4, 0.5) is 9.59 Å². The Morgan fingerprint density at radius 3 is 2.07 bits per heavy atom. The average molecular weight is 251 g/mol. The maximum Gasteiger partial charge on any atom is 0.404 e. The second-order valence-electron chi connectivity index (χ2n) is 2.26. The summed E-state index contributed by atoms with van der Waals surface area (Å²) >= 11 is 9.16. The summed E-state index contributed by atoms with van der Waals surface area (Å²) in [5.41, 5.74) is -1.20. The van der Waals surface area contributed by atoms with E-state index in [9.17, 15) is 4.79 Å². The number of carbonyl (C=O) groups is 2. The minimum atomic E-state index is -1.36. The summed E-state index contributed by atoms with van der Waals surface area (Å²) in [7, 11) is 0. The van der Waals surface area contributed by atoms with Crippen molar-refractivity contribution < 1.29 is 19.4 Å². The van der Waals surface area contributed by atoms with Crippen LogP contribution < -0.4 is 0 Å². The lowest BCUT2D eigenvalue weighted by Crippen LogP contribution is -1.93. The van der Waals surface area contributed by atoms with Crippen LogP contribution in [-0.4, -0.2) is 16.0 Å². The predicted octanol–water partition coefficient (Wildman–Crippen LogP) is 3.47. The van der Waals surface area contributed by atoms with Gasteiger partial charge < -0.3 is 9.84 Å². The van der Waals surface area contributed by atoms with Gasteiger partial charge in [0.25, 0.3) is 0 Å². The predicted molar refractivity (Wildman–Crippen MR) is 56.4 cm³/mol. The van der Waals surface area contributed by atoms with E-state index in [4.69, 9.17) is 21.5 Å². The van der Waals surface area contributed by atoms with Crippen LogP contribution in [0.15, 0.2) is 30.3 Å². The molecule has 0 saturated heterocycles. The second-order valence-corrected chi connectivity index (χ2v) is 2.90. The highest BCUT2D eigenvalue weighted by atomic mass is 35.5. The molecule has 0 amide bonds. The van der Waals surface area contributed by atoms with E-state index < -0.39 is 10.9 Å². The maximum atomic E-state index is 10.2. The van der Waals surface area contributed by atoms with Gasteiger partial charge in [-0.05, 0) is 5.56 Å². The Balaban J connectivity index is 0.000000423. The highest BCUT2D eigenvalue weighted by molar-refractivity contribution is 6.61. The molecule has 0 heterocycles. The molecular formula is C9H8Cl2O4. The molecule has 0 spiro atoms. The number of carbonyl (C=O) groups excluding carboxylic acids is 1. The zero-order chi connectivity index (χ0) is 11.7. The van der Waals surface area contributed by atoms with Gasteiger partial charge in [0, 0.05) is 23.2 Å². The molecule has 0 aliphatic rings. The van der Waals surface area contributed by atoms with Crippen LogP contribution in [0.3, 0.4) is 0 Å². The molecule has 4 nitrogen and oxygen atoms in total. The van der Waals surface area contributed by atoms with Crippen LogP contribution in [0, 0.1) is 0 Å². The van der Waals surface area contributed by atoms with E-state index >= 15 is 0 Å². The van der Waals surface area contributed by atoms with Crippen molar-refractivity contribution in [2.75, 3.05) is 0 Å². The lowest BCUT2D eigenvalue weighted by atomic mass is 10.2. The SMILES string of the molecule is O=C(Cl)OCc1ccccc1.O=C(O)Cl. The van der Waals surface area contributed by atoms with Crippen LogP contribution in [-0.2, 0) is 11.3 Å². The van der Waals surface area contributed by atoms with Gasteiger partial charge in [-0.2, -0.15) is 0 Å². The molecule has 0 fully saturated rings. The van der Waals surface area contributed by atoms with E-state index in [1.54, 1.807) is 0 Å². The van der Waals surface area contributed by atoms with E-state index in [0.29, 0.717) is 0 Å². The van der Waals surface area contributed by atoms with Crippen molar-refractivity contribution in [2.24, 2.45) is 0 Å². The lowest BCUT2D eigenvalue weighted by molar-refractivity contribution is 0.167. The molecule has 0 aromatic heterocycles. The van der Waals surface area contributed by atoms with Gasteiger partial charge >= 0.3 is 10.9 Å². The summed E-state index contributed by atoms with van der Waals surface area (Å²) in [5, 5.41) is 7.18. The van der Waals surface area contributed by atoms with E-state index in [1.165, 1.54) is 0 Å². The third kappa shape index (κ3) is 10.7. The van der Waals surface area contributed by atoms with Crippen LogP contribution in [0.2, 0.25) is 0 Å². The number of rotatable bonds is 2. The molecule has 0 aliphatic heterocycles. The average Bonchev–Trinajstić information content (AvgIpc) is 2.15. The Kier molecular flexibility index (Phi) is 7.40. The van der Waals surface area contributed by atoms with E-state index in [0.717, 1.165) is 5.56 Å². The summed E-state index contributed by atoms with van der Waals surface area (Å²) in [6, 6.07) is 9.36. The van der Waals surface area contributed by atoms with Gasteiger partial charge in [0.2, 0.25) is 0 Å². The fourth-order valence-corrected chi connectivity index (χ4v) is 0.769. The molecule has 0 radical (unpaired) electrons. The Labute approximate surface area is 96.4 Å². The molecule has 0 bridgehead atoms. The molecule has 0 unspecified atom stereocenters. The number of benzene rings is 1. The fourth-order valence-electron chi connectivity index (χ4n) is 0.714. The van der Waals surface area contributed by atoms with Crippen molar-refractivity contribution in [1.82, 2.24) is 0 Å². The van der Waals surface area contributed by atoms with Crippen LogP contribution >= 0.6 is 23.2 Å². The summed E-state index contributed by atoms with van der Waals surface area (Å²) < 4.78 is 4.55. The first-order chi connectivity index (χ1) is 7.02. The van der Waals surface area contributed by atoms with E-state index in [1.807, 2.05) is 30.3 Å². The standard InChI is InChI=1S/C8H7ClO2.CHClO2/c9-8(10)11-6-7-4-2-1-3-5-7;2-1(3)4/h1-5H,6H2;(H,3,4). The monoisotopic (exact) mass is 250 g/mol. The zero-order valence-corrected chi connectivity index (χ0v) is 9.03. The minimum absolute atomic E-state index is 0.239. The van der Waals surface area contributed by atoms with Gasteiger partial charge in [-0.1, -0.05) is 30.3 Å². The van der Waals surface area contributed by atoms with Crippen molar-refractivity contribution in [3.63, 3.8) is 0 Å². The van der Waals surface area contributed by atoms with E-state index in [2.05, 4.69) is 16.3 Å². The largest absolute Gasteiger partial charge is 0.469 e. The molecule has 1 aromatic carbocycles. The third-order valence-electron chi connectivity index (χ3n) is 1.20. The maximum absolute atomic E-state index is 10.2. The van der Waals surface area contributed by atoms with Crippen molar-refractivity contribution in [3.05, 3.63) is 35.9 Å². The number of hydrogen-bond acceptors (Lipinski definition) is 3. The molecule has 82 valence electrons. The van der Waals surface area contributed by atoms with Crippen molar-refractivity contribution in [2.45, 2.75) is 6.61 Å². The van der Waals surface area contributed by atoms with Gasteiger partial charge in [0.05, 0.1) is 0 Å². The Morgan fingerprint density at radius 1 is 1.20 bits per heavy atom. The molecule has 1 aromatic rings. The fraction of sp³-hybridized carbons (Fsp3) is 0.111. The first-order valence-electron chi connectivity index (χ1n) is 3.77. The molecule has 0 aliphatic carbocycles. The summed E-state index contributed by atoms with van der Waals surface area (Å²) in [6.45, 7) is 0.239. The van der Waals surface area contributed by atoms with Crippen molar-refractivity contribution in [1.29, 1.82) is 0 Å². The van der Waals surface area contributed by atoms with Gasteiger partial charge in [-0.25, -0.2) is 9.59 Å². The lowest BCUT2D eigenvalue weighted by Gasteiger charge is -1.98. The number of halogens is 2. The number of ether oxygens (including phenoxy) is 1. The Hall–Kier alpha value is -1.26. The molecule has 6 heteroatoms. The third-order valence-corrected chi connectivity index (χ3v) is 1.30. The molecule has 1 rings (SSSR count). The second kappa shape index (κ2) is 8.08. The Bertz CT molecular complexity index is 309. The Morgan fingerprint density at radius 2 is 1.67 bits per heavy atom. The first-order valence-corrected chi connectivity index (χ1v) is 4.52. The highest BCUT2D eigenvalue weighted by Crippen LogP contribution is 2.01. The van der Waals surface area contributed by atoms with Gasteiger partial charge in [0.15, 0.2) is 0 Å². The van der Waals surface area contributed by atoms with Crippen LogP contribution in [0.5, 0.6) is 0 Å². The molecule has 0 atom stereocenters. The van der Waals surface area contributed by atoms with E-state index in [-0.39, 0.29) is 6.61 Å². The van der Waals surface area contributed by atoms with Gasteiger partial charge in [-0.3, -0.25) is 0 Å². The highest BCUT2D eigenvalue weighted by Gasteiger charge is 1.95. The van der Waals surface area contributed by atoms with Crippen molar-refractivity contribution >= 4 is 34.1 Å². The number of hydrogen-bond donors (Lipinski definition) is 1. The topological polar surface area (TPSA) is 63.6 Å². The van der Waals surface area contributed by atoms with Gasteiger partial charge in [-0.15, -0.1) is 0 Å². The number of carboxylic acid groups (broad SMARTS) is 1.